The van der Waals surface area contributed by atoms with E-state index in [9.17, 15) is 8.42 Å². The van der Waals surface area contributed by atoms with Crippen LogP contribution in [0.5, 0.6) is 0 Å². The number of hydrogen-bond donors (Lipinski definition) is 2. The fourth-order valence-corrected chi connectivity index (χ4v) is 3.51. The van der Waals surface area contributed by atoms with Gasteiger partial charge in [-0.2, -0.15) is 0 Å². The number of sulfone groups is 1. The smallest absolute Gasteiger partial charge is 0.175 e. The molecule has 1 aromatic rings. The number of ether oxygens (including phenoxy) is 1. The van der Waals surface area contributed by atoms with Gasteiger partial charge in [0.2, 0.25) is 0 Å². The summed E-state index contributed by atoms with van der Waals surface area (Å²) >= 11 is 0. The number of benzene rings is 1. The van der Waals surface area contributed by atoms with E-state index in [0.29, 0.717) is 17.4 Å². The summed E-state index contributed by atoms with van der Waals surface area (Å²) in [6, 6.07) is 7.12. The van der Waals surface area contributed by atoms with Crippen LogP contribution in [0.2, 0.25) is 0 Å². The average molecular weight is 337 g/mol. The second-order valence-electron chi connectivity index (χ2n) is 6.19. The van der Waals surface area contributed by atoms with Gasteiger partial charge in [0.15, 0.2) is 9.84 Å². The van der Waals surface area contributed by atoms with Crippen molar-refractivity contribution >= 4 is 16.1 Å². The summed E-state index contributed by atoms with van der Waals surface area (Å²) in [6.07, 6.45) is 4.26. The van der Waals surface area contributed by atoms with E-state index in [0.717, 1.165) is 31.7 Å². The zero-order valence-corrected chi connectivity index (χ0v) is 14.1. The Hall–Kier alpha value is -1.28. The molecule has 7 heteroatoms. The standard InChI is InChI=1S/C16H23N3O3S/c1-23(20,21)14-4-2-13(3-5-14)15-9-17-10-16(19-15)18-8-12-6-7-22-11-12/h2-5,10,12,15-16,18-19H,6-9,11H2,1H3. The molecule has 0 bridgehead atoms. The van der Waals surface area contributed by atoms with E-state index in [1.165, 1.54) is 6.26 Å². The van der Waals surface area contributed by atoms with Gasteiger partial charge in [-0.15, -0.1) is 0 Å². The van der Waals surface area contributed by atoms with Crippen molar-refractivity contribution in [2.24, 2.45) is 10.9 Å². The maximum absolute atomic E-state index is 11.5. The molecule has 23 heavy (non-hydrogen) atoms. The highest BCUT2D eigenvalue weighted by atomic mass is 32.2. The number of hydrogen-bond acceptors (Lipinski definition) is 6. The Morgan fingerprint density at radius 1 is 1.35 bits per heavy atom. The lowest BCUT2D eigenvalue weighted by molar-refractivity contribution is 0.184. The van der Waals surface area contributed by atoms with Crippen LogP contribution in [0.4, 0.5) is 0 Å². The van der Waals surface area contributed by atoms with Crippen LogP contribution >= 0.6 is 0 Å². The van der Waals surface area contributed by atoms with Crippen LogP contribution in [-0.2, 0) is 14.6 Å². The minimum absolute atomic E-state index is 0.0314. The molecule has 6 nitrogen and oxygen atoms in total. The molecular weight excluding hydrogens is 314 g/mol. The highest BCUT2D eigenvalue weighted by molar-refractivity contribution is 7.90. The van der Waals surface area contributed by atoms with E-state index in [1.54, 1.807) is 12.1 Å². The molecule has 0 radical (unpaired) electrons. The van der Waals surface area contributed by atoms with Crippen LogP contribution < -0.4 is 10.6 Å². The molecule has 2 aliphatic heterocycles. The summed E-state index contributed by atoms with van der Waals surface area (Å²) in [7, 11) is -3.15. The first kappa shape index (κ1) is 16.6. The topological polar surface area (TPSA) is 79.8 Å². The molecule has 1 aromatic carbocycles. The highest BCUT2D eigenvalue weighted by Gasteiger charge is 2.22. The second-order valence-corrected chi connectivity index (χ2v) is 8.21. The second kappa shape index (κ2) is 7.09. The van der Waals surface area contributed by atoms with Gasteiger partial charge < -0.3 is 4.74 Å². The van der Waals surface area contributed by atoms with Gasteiger partial charge in [-0.25, -0.2) is 8.42 Å². The molecule has 1 fully saturated rings. The third-order valence-electron chi connectivity index (χ3n) is 4.28. The summed E-state index contributed by atoms with van der Waals surface area (Å²) in [6.45, 7) is 3.24. The van der Waals surface area contributed by atoms with Crippen molar-refractivity contribution in [1.82, 2.24) is 10.6 Å². The van der Waals surface area contributed by atoms with E-state index in [4.69, 9.17) is 4.74 Å². The summed E-state index contributed by atoms with van der Waals surface area (Å²) in [5.41, 5.74) is 1.05. The molecule has 0 aromatic heterocycles. The zero-order chi connectivity index (χ0) is 16.3. The summed E-state index contributed by atoms with van der Waals surface area (Å²) in [4.78, 5) is 4.78. The van der Waals surface area contributed by atoms with Gasteiger partial charge in [0, 0.05) is 25.6 Å². The maximum atomic E-state index is 11.5. The van der Waals surface area contributed by atoms with Crippen LogP contribution in [0.15, 0.2) is 34.2 Å². The number of nitrogens with one attached hydrogen (secondary N) is 2. The Balaban J connectivity index is 1.59. The largest absolute Gasteiger partial charge is 0.381 e. The van der Waals surface area contributed by atoms with Gasteiger partial charge in [0.05, 0.1) is 30.3 Å². The molecule has 126 valence electrons. The van der Waals surface area contributed by atoms with E-state index >= 15 is 0 Å². The highest BCUT2D eigenvalue weighted by Crippen LogP contribution is 2.19. The summed E-state index contributed by atoms with van der Waals surface area (Å²) in [5.74, 6) is 0.569. The van der Waals surface area contributed by atoms with Crippen molar-refractivity contribution < 1.29 is 13.2 Å². The van der Waals surface area contributed by atoms with E-state index in [-0.39, 0.29) is 12.2 Å². The fraction of sp³-hybridized carbons (Fsp3) is 0.562. The minimum atomic E-state index is -3.15. The molecule has 3 unspecified atom stereocenters. The normalized spacial score (nSPS) is 28.1. The Morgan fingerprint density at radius 3 is 2.78 bits per heavy atom. The Bertz CT molecular complexity index is 652. The first-order valence-corrected chi connectivity index (χ1v) is 9.78. The number of nitrogens with zero attached hydrogens (tertiary/aromatic N) is 1. The van der Waals surface area contributed by atoms with Gasteiger partial charge in [-0.3, -0.25) is 15.6 Å². The van der Waals surface area contributed by atoms with E-state index in [2.05, 4.69) is 15.6 Å². The lowest BCUT2D eigenvalue weighted by Gasteiger charge is -2.28. The van der Waals surface area contributed by atoms with Crippen molar-refractivity contribution in [3.05, 3.63) is 29.8 Å². The van der Waals surface area contributed by atoms with Crippen molar-refractivity contribution in [1.29, 1.82) is 0 Å². The molecule has 2 aliphatic rings. The first-order chi connectivity index (χ1) is 11.0. The van der Waals surface area contributed by atoms with Crippen LogP contribution in [0.25, 0.3) is 0 Å². The predicted octanol–water partition coefficient (Wildman–Crippen LogP) is 0.757. The predicted molar refractivity (Wildman–Crippen MR) is 89.5 cm³/mol. The van der Waals surface area contributed by atoms with Crippen molar-refractivity contribution in [3.63, 3.8) is 0 Å². The third kappa shape index (κ3) is 4.38. The molecule has 0 amide bonds. The molecule has 2 heterocycles. The zero-order valence-electron chi connectivity index (χ0n) is 13.2. The SMILES string of the molecule is CS(=O)(=O)c1ccc(C2CN=CC(NCC3CCOC3)N2)cc1. The molecule has 0 aliphatic carbocycles. The van der Waals surface area contributed by atoms with E-state index < -0.39 is 9.84 Å². The van der Waals surface area contributed by atoms with Gasteiger partial charge in [0.25, 0.3) is 0 Å². The lowest BCUT2D eigenvalue weighted by atomic mass is 10.1. The maximum Gasteiger partial charge on any atom is 0.175 e. The van der Waals surface area contributed by atoms with Gasteiger partial charge in [-0.05, 0) is 30.0 Å². The Morgan fingerprint density at radius 2 is 2.13 bits per heavy atom. The van der Waals surface area contributed by atoms with Crippen LogP contribution in [0.1, 0.15) is 18.0 Å². The minimum Gasteiger partial charge on any atom is -0.381 e. The van der Waals surface area contributed by atoms with Crippen molar-refractivity contribution in [2.75, 3.05) is 32.6 Å². The summed E-state index contributed by atoms with van der Waals surface area (Å²) < 4.78 is 28.4. The Labute approximate surface area is 137 Å². The quantitative estimate of drug-likeness (QED) is 0.829. The van der Waals surface area contributed by atoms with Gasteiger partial charge in [-0.1, -0.05) is 12.1 Å². The van der Waals surface area contributed by atoms with Gasteiger partial charge in [0.1, 0.15) is 0 Å². The number of rotatable bonds is 5. The average Bonchev–Trinajstić information content (AvgIpc) is 3.06. The number of aliphatic imine (C=N–C) groups is 1. The van der Waals surface area contributed by atoms with Crippen LogP contribution in [-0.4, -0.2) is 53.4 Å². The third-order valence-corrected chi connectivity index (χ3v) is 5.41. The van der Waals surface area contributed by atoms with Crippen LogP contribution in [0, 0.1) is 5.92 Å². The lowest BCUT2D eigenvalue weighted by Crippen LogP contribution is -2.49. The van der Waals surface area contributed by atoms with Crippen molar-refractivity contribution in [3.8, 4) is 0 Å². The molecule has 3 rings (SSSR count). The molecule has 2 N–H and O–H groups in total. The monoisotopic (exact) mass is 337 g/mol. The summed E-state index contributed by atoms with van der Waals surface area (Å²) in [5, 5.41) is 6.96. The molecule has 0 spiro atoms. The molecule has 1 saturated heterocycles. The Kier molecular flexibility index (Phi) is 5.11. The molecular formula is C16H23N3O3S. The van der Waals surface area contributed by atoms with E-state index in [1.807, 2.05) is 18.3 Å². The molecule has 3 atom stereocenters. The fourth-order valence-electron chi connectivity index (χ4n) is 2.88. The van der Waals surface area contributed by atoms with Gasteiger partial charge >= 0.3 is 0 Å². The first-order valence-electron chi connectivity index (χ1n) is 7.89. The molecule has 0 saturated carbocycles. The van der Waals surface area contributed by atoms with Crippen molar-refractivity contribution in [2.45, 2.75) is 23.5 Å². The van der Waals surface area contributed by atoms with Crippen LogP contribution in [0.3, 0.4) is 0 Å².